The van der Waals surface area contributed by atoms with Gasteiger partial charge in [-0.2, -0.15) is 0 Å². The Balaban J connectivity index is 1.83. The van der Waals surface area contributed by atoms with Crippen molar-refractivity contribution in [2.45, 2.75) is 75.0 Å². The molecule has 0 aromatic heterocycles. The van der Waals surface area contributed by atoms with Crippen LogP contribution in [-0.2, 0) is 9.59 Å². The molecule has 2 heterocycles. The van der Waals surface area contributed by atoms with E-state index in [2.05, 4.69) is 13.8 Å². The van der Waals surface area contributed by atoms with Gasteiger partial charge in [0.2, 0.25) is 0 Å². The molecule has 0 bridgehead atoms. The van der Waals surface area contributed by atoms with Gasteiger partial charge in [-0.1, -0.05) is 75.9 Å². The number of hydrogen-bond donors (Lipinski definition) is 2. The van der Waals surface area contributed by atoms with Gasteiger partial charge >= 0.3 is 0 Å². The highest BCUT2D eigenvalue weighted by atomic mass is 32.2. The van der Waals surface area contributed by atoms with Crippen molar-refractivity contribution in [1.29, 1.82) is 0 Å². The van der Waals surface area contributed by atoms with Crippen LogP contribution in [0.15, 0.2) is 31.7 Å². The molecule has 0 spiro atoms. The number of thioether (sulfide) groups is 2. The molecule has 2 N–H and O–H groups in total. The summed E-state index contributed by atoms with van der Waals surface area (Å²) in [7, 11) is 0. The van der Waals surface area contributed by atoms with Gasteiger partial charge in [-0.25, -0.2) is 10.0 Å². The van der Waals surface area contributed by atoms with Crippen molar-refractivity contribution < 1.29 is 19.8 Å². The summed E-state index contributed by atoms with van der Waals surface area (Å²) in [6.45, 7) is 5.36. The van der Waals surface area contributed by atoms with E-state index in [0.29, 0.717) is 27.1 Å². The minimum atomic E-state index is -0.270. The quantitative estimate of drug-likeness (QED) is 0.219. The third-order valence-corrected chi connectivity index (χ3v) is 7.94. The number of amides is 2. The Labute approximate surface area is 186 Å². The van der Waals surface area contributed by atoms with E-state index in [1.807, 2.05) is 0 Å². The van der Waals surface area contributed by atoms with Gasteiger partial charge in [-0.3, -0.25) is 9.59 Å². The second-order valence-corrected chi connectivity index (χ2v) is 9.91. The summed E-state index contributed by atoms with van der Waals surface area (Å²) < 4.78 is 0.534. The Hall–Kier alpha value is -1.80. The zero-order valence-electron chi connectivity index (χ0n) is 17.6. The fourth-order valence-electron chi connectivity index (χ4n) is 3.61. The molecule has 0 atom stereocenters. The number of phenols is 2. The predicted molar refractivity (Wildman–Crippen MR) is 120 cm³/mol. The van der Waals surface area contributed by atoms with E-state index < -0.39 is 0 Å². The van der Waals surface area contributed by atoms with Crippen molar-refractivity contribution in [3.05, 3.63) is 21.9 Å². The summed E-state index contributed by atoms with van der Waals surface area (Å²) in [5, 5.41) is 23.5. The standard InChI is InChI=1S/C22H30N2O4S2/c1-3-5-7-9-13-23-20(27)17(21(28)24(23)14-10-8-6-4-2)22-29-18-15(25)11-12-16(26)19(18)30-22/h11-12,25-26H,3-10,13-14H2,1-2H3. The summed E-state index contributed by atoms with van der Waals surface area (Å²) in [6, 6.07) is 2.85. The van der Waals surface area contributed by atoms with Crippen LogP contribution in [0.25, 0.3) is 0 Å². The maximum absolute atomic E-state index is 13.2. The van der Waals surface area contributed by atoms with E-state index in [1.165, 1.54) is 35.7 Å². The Morgan fingerprint density at radius 3 is 1.57 bits per heavy atom. The molecule has 0 saturated carbocycles. The second-order valence-electron chi connectivity index (χ2n) is 7.61. The van der Waals surface area contributed by atoms with Gasteiger partial charge in [0.25, 0.3) is 11.8 Å². The van der Waals surface area contributed by atoms with Crippen molar-refractivity contribution in [2.75, 3.05) is 13.1 Å². The molecule has 6 nitrogen and oxygen atoms in total. The first-order valence-corrected chi connectivity index (χ1v) is 12.4. The van der Waals surface area contributed by atoms with Crippen LogP contribution in [0.2, 0.25) is 0 Å². The molecule has 1 aromatic rings. The molecule has 2 aliphatic heterocycles. The maximum atomic E-state index is 13.2. The Morgan fingerprint density at radius 1 is 0.733 bits per heavy atom. The van der Waals surface area contributed by atoms with Crippen LogP contribution >= 0.6 is 23.5 Å². The fraction of sp³-hybridized carbons (Fsp3) is 0.545. The number of phenolic OH excluding ortho intramolecular Hbond substituents is 2. The van der Waals surface area contributed by atoms with Gasteiger partial charge in [-0.15, -0.1) is 0 Å². The van der Waals surface area contributed by atoms with E-state index in [0.717, 1.165) is 51.4 Å². The first-order chi connectivity index (χ1) is 14.5. The predicted octanol–water partition coefficient (Wildman–Crippen LogP) is 5.25. The average Bonchev–Trinajstić information content (AvgIpc) is 3.26. The van der Waals surface area contributed by atoms with Crippen molar-refractivity contribution in [3.8, 4) is 11.5 Å². The number of rotatable bonds is 10. The van der Waals surface area contributed by atoms with Gasteiger partial charge in [0.05, 0.1) is 14.0 Å². The zero-order chi connectivity index (χ0) is 21.7. The van der Waals surface area contributed by atoms with E-state index in [9.17, 15) is 19.8 Å². The Bertz CT molecular complexity index is 776. The minimum absolute atomic E-state index is 0.0432. The number of unbranched alkanes of at least 4 members (excludes halogenated alkanes) is 6. The molecular weight excluding hydrogens is 420 g/mol. The maximum Gasteiger partial charge on any atom is 0.279 e. The molecule has 0 unspecified atom stereocenters. The van der Waals surface area contributed by atoms with Crippen molar-refractivity contribution in [2.24, 2.45) is 0 Å². The molecule has 3 rings (SSSR count). The lowest BCUT2D eigenvalue weighted by atomic mass is 10.2. The lowest BCUT2D eigenvalue weighted by Crippen LogP contribution is -2.42. The molecule has 2 aliphatic rings. The number of nitrogens with zero attached hydrogens (tertiary/aromatic N) is 2. The van der Waals surface area contributed by atoms with Crippen LogP contribution < -0.4 is 0 Å². The van der Waals surface area contributed by atoms with Crippen LogP contribution in [0.1, 0.15) is 65.2 Å². The van der Waals surface area contributed by atoms with E-state index in [-0.39, 0.29) is 28.9 Å². The summed E-state index contributed by atoms with van der Waals surface area (Å²) in [5.74, 6) is -0.453. The highest BCUT2D eigenvalue weighted by Gasteiger charge is 2.44. The monoisotopic (exact) mass is 450 g/mol. The largest absolute Gasteiger partial charge is 0.507 e. The Kier molecular flexibility index (Phi) is 7.99. The molecule has 1 saturated heterocycles. The SMILES string of the molecule is CCCCCCN1C(=O)C(=C2Sc3c(O)ccc(O)c3S2)C(=O)N1CCCCCC. The first-order valence-electron chi connectivity index (χ1n) is 10.8. The number of aromatic hydroxyl groups is 2. The Morgan fingerprint density at radius 2 is 1.17 bits per heavy atom. The summed E-state index contributed by atoms with van der Waals surface area (Å²) in [5.41, 5.74) is 0.158. The van der Waals surface area contributed by atoms with Crippen molar-refractivity contribution in [1.82, 2.24) is 10.0 Å². The highest BCUT2D eigenvalue weighted by Crippen LogP contribution is 2.58. The lowest BCUT2D eigenvalue weighted by molar-refractivity contribution is -0.147. The van der Waals surface area contributed by atoms with Gasteiger partial charge in [-0.05, 0) is 25.0 Å². The number of hydrazine groups is 1. The molecule has 164 valence electrons. The zero-order valence-corrected chi connectivity index (χ0v) is 19.3. The van der Waals surface area contributed by atoms with Gasteiger partial charge in [0.15, 0.2) is 0 Å². The number of benzene rings is 1. The normalized spacial score (nSPS) is 16.2. The van der Waals surface area contributed by atoms with Crippen LogP contribution in [0.4, 0.5) is 0 Å². The third-order valence-electron chi connectivity index (χ3n) is 5.30. The van der Waals surface area contributed by atoms with Crippen LogP contribution in [-0.4, -0.2) is 45.1 Å². The van der Waals surface area contributed by atoms with Crippen molar-refractivity contribution in [3.63, 3.8) is 0 Å². The van der Waals surface area contributed by atoms with Gasteiger partial charge in [0, 0.05) is 13.1 Å². The third kappa shape index (κ3) is 4.75. The fourth-order valence-corrected chi connectivity index (χ4v) is 6.19. The van der Waals surface area contributed by atoms with Crippen LogP contribution in [0.5, 0.6) is 11.5 Å². The molecular formula is C22H30N2O4S2. The van der Waals surface area contributed by atoms with Crippen LogP contribution in [0, 0.1) is 0 Å². The van der Waals surface area contributed by atoms with E-state index >= 15 is 0 Å². The molecule has 0 aliphatic carbocycles. The summed E-state index contributed by atoms with van der Waals surface area (Å²) in [4.78, 5) is 27.5. The topological polar surface area (TPSA) is 81.1 Å². The molecule has 0 radical (unpaired) electrons. The molecule has 30 heavy (non-hydrogen) atoms. The molecule has 1 aromatic carbocycles. The highest BCUT2D eigenvalue weighted by molar-refractivity contribution is 8.25. The molecule has 2 amide bonds. The second kappa shape index (κ2) is 10.5. The minimum Gasteiger partial charge on any atom is -0.507 e. The summed E-state index contributed by atoms with van der Waals surface area (Å²) in [6.07, 6.45) is 8.23. The number of carbonyl (C=O) groups excluding carboxylic acids is 2. The number of carbonyl (C=O) groups is 2. The van der Waals surface area contributed by atoms with Crippen molar-refractivity contribution >= 4 is 35.3 Å². The van der Waals surface area contributed by atoms with Crippen LogP contribution in [0.3, 0.4) is 0 Å². The summed E-state index contributed by atoms with van der Waals surface area (Å²) >= 11 is 2.37. The average molecular weight is 451 g/mol. The smallest absolute Gasteiger partial charge is 0.279 e. The lowest BCUT2D eigenvalue weighted by Gasteiger charge is -2.27. The molecule has 1 fully saturated rings. The first kappa shape index (κ1) is 22.9. The van der Waals surface area contributed by atoms with E-state index in [1.54, 1.807) is 10.0 Å². The van der Waals surface area contributed by atoms with Gasteiger partial charge < -0.3 is 10.2 Å². The van der Waals surface area contributed by atoms with E-state index in [4.69, 9.17) is 0 Å². The number of fused-ring (bicyclic) bond motifs is 1. The van der Waals surface area contributed by atoms with Gasteiger partial charge in [0.1, 0.15) is 17.1 Å². The number of hydrogen-bond acceptors (Lipinski definition) is 6. The molecule has 8 heteroatoms.